The second-order valence-electron chi connectivity index (χ2n) is 12.7. The maximum absolute atomic E-state index is 12.5. The number of ether oxygens (including phenoxy) is 2. The molecule has 1 fully saturated rings. The van der Waals surface area contributed by atoms with Crippen LogP contribution in [0.1, 0.15) is 84.5 Å². The molecular weight excluding hydrogens is 667 g/mol. The molecule has 0 spiro atoms. The van der Waals surface area contributed by atoms with Gasteiger partial charge in [0, 0.05) is 49.9 Å². The molecule has 5 rings (SSSR count). The molecule has 0 radical (unpaired) electrons. The maximum atomic E-state index is 12.5. The summed E-state index contributed by atoms with van der Waals surface area (Å²) in [5.41, 5.74) is 5.71. The average Bonchev–Trinajstić information content (AvgIpc) is 3.15. The Kier molecular flexibility index (Phi) is 13.8. The fourth-order valence-corrected chi connectivity index (χ4v) is 7.16. The first kappa shape index (κ1) is 37.7. The van der Waals surface area contributed by atoms with Gasteiger partial charge in [-0.15, -0.1) is 11.8 Å². The number of carboxylic acids is 1. The number of amides is 2. The fraction of sp³-hybridized carbons (Fsp3) is 0.350. The third kappa shape index (κ3) is 10.7. The standard InChI is InChI=1S/C40H45N3O7S/c1-26-35(25-51-38-34(39(47)48)13-8-20-42-38)49-40(50-37(26)30-17-15-28(24-44)16-18-30)33-12-7-11-32(22-33)31-10-6-9-29(21-31)23-43-36(46)14-4-3-5-19-41-27(2)45/h6-13,15-18,20-22,26,35,37,40,44H,3-5,14,19,23-25H2,1-2H3,(H,41,45)(H,43,46)(H,47,48)/t26-,35+,37+,40+/m0/s1. The van der Waals surface area contributed by atoms with Gasteiger partial charge in [-0.1, -0.05) is 74.0 Å². The number of pyridine rings is 1. The molecule has 0 aliphatic carbocycles. The number of aromatic nitrogens is 1. The number of hydrogen-bond acceptors (Lipinski definition) is 8. The lowest BCUT2D eigenvalue weighted by Gasteiger charge is -2.41. The SMILES string of the molecule is CC(=O)NCCCCCC(=O)NCc1cccc(-c2cccc([C@@H]3O[C@H](CSc4ncccc4C(=O)O)[C@H](C)[C@H](c4ccc(CO)cc4)O3)c2)c1. The molecule has 4 atom stereocenters. The number of aromatic carboxylic acids is 1. The van der Waals surface area contributed by atoms with E-state index in [-0.39, 0.29) is 42.1 Å². The van der Waals surface area contributed by atoms with Gasteiger partial charge < -0.3 is 30.3 Å². The zero-order valence-electron chi connectivity index (χ0n) is 28.9. The Morgan fingerprint density at radius 2 is 1.61 bits per heavy atom. The lowest BCUT2D eigenvalue weighted by Crippen LogP contribution is -2.38. The van der Waals surface area contributed by atoms with Gasteiger partial charge in [0.05, 0.1) is 24.4 Å². The number of aliphatic hydroxyl groups is 1. The predicted molar refractivity (Wildman–Crippen MR) is 196 cm³/mol. The molecule has 2 heterocycles. The van der Waals surface area contributed by atoms with Gasteiger partial charge in [-0.2, -0.15) is 0 Å². The number of carbonyl (C=O) groups excluding carboxylic acids is 2. The second-order valence-corrected chi connectivity index (χ2v) is 13.7. The first-order valence-electron chi connectivity index (χ1n) is 17.2. The van der Waals surface area contributed by atoms with Gasteiger partial charge in [0.15, 0.2) is 6.29 Å². The smallest absolute Gasteiger partial charge is 0.338 e. The summed E-state index contributed by atoms with van der Waals surface area (Å²) in [6, 6.07) is 27.0. The van der Waals surface area contributed by atoms with Crippen molar-refractivity contribution in [2.45, 2.75) is 76.2 Å². The van der Waals surface area contributed by atoms with Gasteiger partial charge in [-0.25, -0.2) is 9.78 Å². The highest BCUT2D eigenvalue weighted by molar-refractivity contribution is 7.99. The van der Waals surface area contributed by atoms with Gasteiger partial charge in [-0.3, -0.25) is 9.59 Å². The van der Waals surface area contributed by atoms with Gasteiger partial charge in [0.2, 0.25) is 11.8 Å². The highest BCUT2D eigenvalue weighted by Crippen LogP contribution is 2.43. The summed E-state index contributed by atoms with van der Waals surface area (Å²) >= 11 is 1.35. The number of unbranched alkanes of at least 4 members (excludes halogenated alkanes) is 2. The van der Waals surface area contributed by atoms with Crippen molar-refractivity contribution in [3.05, 3.63) is 119 Å². The topological polar surface area (TPSA) is 147 Å². The minimum atomic E-state index is -1.03. The molecule has 3 aromatic carbocycles. The van der Waals surface area contributed by atoms with Gasteiger partial charge in [0.25, 0.3) is 0 Å². The molecular formula is C40H45N3O7S. The number of rotatable bonds is 16. The normalized spacial score (nSPS) is 18.6. The Balaban J connectivity index is 1.29. The predicted octanol–water partition coefficient (Wildman–Crippen LogP) is 6.84. The summed E-state index contributed by atoms with van der Waals surface area (Å²) in [4.78, 5) is 39.6. The lowest BCUT2D eigenvalue weighted by molar-refractivity contribution is -0.268. The van der Waals surface area contributed by atoms with Crippen molar-refractivity contribution in [1.29, 1.82) is 0 Å². The van der Waals surface area contributed by atoms with Crippen LogP contribution in [-0.2, 0) is 32.2 Å². The number of benzene rings is 3. The third-order valence-electron chi connectivity index (χ3n) is 8.87. The Morgan fingerprint density at radius 1 is 0.843 bits per heavy atom. The third-order valence-corrected chi connectivity index (χ3v) is 9.97. The highest BCUT2D eigenvalue weighted by atomic mass is 32.2. The van der Waals surface area contributed by atoms with Gasteiger partial charge in [0.1, 0.15) is 5.03 Å². The van der Waals surface area contributed by atoms with Crippen molar-refractivity contribution < 1.29 is 34.1 Å². The lowest BCUT2D eigenvalue weighted by atomic mass is 9.91. The molecule has 1 aliphatic rings. The fourth-order valence-electron chi connectivity index (χ4n) is 6.01. The zero-order valence-corrected chi connectivity index (χ0v) is 29.7. The molecule has 0 saturated carbocycles. The van der Waals surface area contributed by atoms with E-state index in [2.05, 4.69) is 34.7 Å². The quantitative estimate of drug-likeness (QED) is 0.0725. The van der Waals surface area contributed by atoms with Crippen molar-refractivity contribution in [1.82, 2.24) is 15.6 Å². The average molecular weight is 712 g/mol. The summed E-state index contributed by atoms with van der Waals surface area (Å²) in [5.74, 6) is -0.681. The van der Waals surface area contributed by atoms with Crippen LogP contribution in [0.15, 0.2) is 96.2 Å². The number of aliphatic hydroxyl groups excluding tert-OH is 1. The van der Waals surface area contributed by atoms with E-state index < -0.39 is 12.3 Å². The van der Waals surface area contributed by atoms with Crippen molar-refractivity contribution in [3.8, 4) is 11.1 Å². The van der Waals surface area contributed by atoms with E-state index in [9.17, 15) is 24.6 Å². The second kappa shape index (κ2) is 18.6. The summed E-state index contributed by atoms with van der Waals surface area (Å²) in [6.45, 7) is 4.56. The van der Waals surface area contributed by atoms with Crippen LogP contribution in [0.25, 0.3) is 11.1 Å². The minimum absolute atomic E-state index is 0.00162. The highest BCUT2D eigenvalue weighted by Gasteiger charge is 2.38. The number of hydrogen-bond donors (Lipinski definition) is 4. The summed E-state index contributed by atoms with van der Waals surface area (Å²) in [6.07, 6.45) is 3.20. The summed E-state index contributed by atoms with van der Waals surface area (Å²) in [5, 5.41) is 25.5. The van der Waals surface area contributed by atoms with E-state index >= 15 is 0 Å². The van der Waals surface area contributed by atoms with Crippen LogP contribution in [0.3, 0.4) is 0 Å². The summed E-state index contributed by atoms with van der Waals surface area (Å²) in [7, 11) is 0. The molecule has 11 heteroatoms. The monoisotopic (exact) mass is 711 g/mol. The first-order valence-corrected chi connectivity index (χ1v) is 18.2. The molecule has 4 N–H and O–H groups in total. The Morgan fingerprint density at radius 3 is 2.35 bits per heavy atom. The van der Waals surface area contributed by atoms with Crippen molar-refractivity contribution in [2.24, 2.45) is 5.92 Å². The van der Waals surface area contributed by atoms with E-state index in [1.165, 1.54) is 18.7 Å². The molecule has 4 aromatic rings. The van der Waals surface area contributed by atoms with Crippen molar-refractivity contribution >= 4 is 29.5 Å². The first-order chi connectivity index (χ1) is 24.7. The molecule has 1 aromatic heterocycles. The van der Waals surface area contributed by atoms with E-state index in [1.54, 1.807) is 18.3 Å². The van der Waals surface area contributed by atoms with Crippen LogP contribution in [0.4, 0.5) is 0 Å². The molecule has 268 valence electrons. The molecule has 0 unspecified atom stereocenters. The Labute approximate surface area is 303 Å². The van der Waals surface area contributed by atoms with E-state index in [4.69, 9.17) is 9.47 Å². The molecule has 51 heavy (non-hydrogen) atoms. The van der Waals surface area contributed by atoms with Gasteiger partial charge in [-0.05, 0) is 64.9 Å². The molecule has 2 amide bonds. The molecule has 0 bridgehead atoms. The molecule has 10 nitrogen and oxygen atoms in total. The number of thioether (sulfide) groups is 1. The molecule has 1 aliphatic heterocycles. The number of nitrogens with zero attached hydrogens (tertiary/aromatic N) is 1. The Hall–Kier alpha value is -4.55. The number of nitrogens with one attached hydrogen (secondary N) is 2. The van der Waals surface area contributed by atoms with E-state index in [0.29, 0.717) is 30.3 Å². The van der Waals surface area contributed by atoms with E-state index in [1.807, 2.05) is 60.7 Å². The van der Waals surface area contributed by atoms with Crippen LogP contribution in [-0.4, -0.2) is 51.4 Å². The van der Waals surface area contributed by atoms with Crippen LogP contribution in [0.5, 0.6) is 0 Å². The van der Waals surface area contributed by atoms with Crippen molar-refractivity contribution in [3.63, 3.8) is 0 Å². The summed E-state index contributed by atoms with van der Waals surface area (Å²) < 4.78 is 13.3. The maximum Gasteiger partial charge on any atom is 0.338 e. The van der Waals surface area contributed by atoms with Crippen LogP contribution < -0.4 is 10.6 Å². The molecule has 1 saturated heterocycles. The van der Waals surface area contributed by atoms with E-state index in [0.717, 1.165) is 52.6 Å². The van der Waals surface area contributed by atoms with Crippen molar-refractivity contribution in [2.75, 3.05) is 12.3 Å². The van der Waals surface area contributed by atoms with Crippen LogP contribution in [0, 0.1) is 5.92 Å². The van der Waals surface area contributed by atoms with Gasteiger partial charge >= 0.3 is 5.97 Å². The Bertz CT molecular complexity index is 1780. The van der Waals surface area contributed by atoms with Crippen LogP contribution >= 0.6 is 11.8 Å². The largest absolute Gasteiger partial charge is 0.478 e. The zero-order chi connectivity index (χ0) is 36.2. The number of carbonyl (C=O) groups is 3. The number of carboxylic acid groups (broad SMARTS) is 1. The minimum Gasteiger partial charge on any atom is -0.478 e. The van der Waals surface area contributed by atoms with Crippen LogP contribution in [0.2, 0.25) is 0 Å².